The number of carbonyl (C=O) groups excluding carboxylic acids is 2. The van der Waals surface area contributed by atoms with E-state index in [4.69, 9.17) is 14.2 Å². The van der Waals surface area contributed by atoms with Crippen molar-refractivity contribution in [1.82, 2.24) is 10.2 Å². The molecule has 6 rings (SSSR count). The fourth-order valence-corrected chi connectivity index (χ4v) is 6.53. The van der Waals surface area contributed by atoms with Crippen molar-refractivity contribution in [2.45, 2.75) is 16.1 Å². The SMILES string of the molecule is C=CCOc1cccc(C2/C(=C(/O)c3ccc4c(c3)OCCO4)C(=O)C(=O)N2c2nnc(SCc3ccc(F)cc3)s2)c1. The Morgan fingerprint density at radius 1 is 1.09 bits per heavy atom. The number of hydrogen-bond acceptors (Lipinski definition) is 10. The monoisotopic (exact) mass is 617 g/mol. The highest BCUT2D eigenvalue weighted by Crippen LogP contribution is 2.45. The molecule has 1 aromatic heterocycles. The van der Waals surface area contributed by atoms with E-state index in [1.165, 1.54) is 28.8 Å². The van der Waals surface area contributed by atoms with Crippen LogP contribution in [0.1, 0.15) is 22.7 Å². The zero-order chi connectivity index (χ0) is 29.9. The van der Waals surface area contributed by atoms with Crippen LogP contribution in [0.3, 0.4) is 0 Å². The molecule has 0 bridgehead atoms. The quantitative estimate of drug-likeness (QED) is 0.0610. The van der Waals surface area contributed by atoms with Gasteiger partial charge < -0.3 is 19.3 Å². The first-order valence-electron chi connectivity index (χ1n) is 13.2. The molecule has 3 aromatic carbocycles. The lowest BCUT2D eigenvalue weighted by molar-refractivity contribution is -0.132. The molecule has 0 aliphatic carbocycles. The van der Waals surface area contributed by atoms with Crippen LogP contribution in [0.4, 0.5) is 9.52 Å². The van der Waals surface area contributed by atoms with Crippen molar-refractivity contribution in [2.75, 3.05) is 24.7 Å². The molecule has 2 aliphatic heterocycles. The topological polar surface area (TPSA) is 111 Å². The lowest BCUT2D eigenvalue weighted by atomic mass is 9.95. The zero-order valence-corrected chi connectivity index (χ0v) is 24.2. The van der Waals surface area contributed by atoms with E-state index in [9.17, 15) is 19.1 Å². The van der Waals surface area contributed by atoms with E-state index in [2.05, 4.69) is 16.8 Å². The maximum Gasteiger partial charge on any atom is 0.301 e. The first kappa shape index (κ1) is 28.4. The highest BCUT2D eigenvalue weighted by Gasteiger charge is 2.48. The van der Waals surface area contributed by atoms with Crippen LogP contribution in [0.5, 0.6) is 17.2 Å². The molecule has 0 saturated carbocycles. The Labute approximate surface area is 254 Å². The summed E-state index contributed by atoms with van der Waals surface area (Å²) < 4.78 is 30.8. The number of aliphatic hydroxyl groups is 1. The number of carbonyl (C=O) groups is 2. The summed E-state index contributed by atoms with van der Waals surface area (Å²) in [5.74, 6) is -0.468. The third-order valence-electron chi connectivity index (χ3n) is 6.68. The van der Waals surface area contributed by atoms with E-state index in [0.717, 1.165) is 16.9 Å². The lowest BCUT2D eigenvalue weighted by Crippen LogP contribution is -2.29. The van der Waals surface area contributed by atoms with Crippen molar-refractivity contribution in [1.29, 1.82) is 0 Å². The molecule has 12 heteroatoms. The Morgan fingerprint density at radius 3 is 2.67 bits per heavy atom. The standard InChI is InChI=1S/C31H24FN3O6S2/c1-2-12-39-22-5-3-4-19(15-22)26-25(27(36)20-8-11-23-24(16-20)41-14-13-40-23)28(37)29(38)35(26)30-33-34-31(43-30)42-17-18-6-9-21(32)10-7-18/h2-11,15-16,26,36H,1,12-14,17H2/b27-25-. The molecule has 0 radical (unpaired) electrons. The Hall–Kier alpha value is -4.68. The van der Waals surface area contributed by atoms with Crippen LogP contribution in [0.25, 0.3) is 5.76 Å². The highest BCUT2D eigenvalue weighted by atomic mass is 32.2. The van der Waals surface area contributed by atoms with Crippen molar-refractivity contribution in [3.8, 4) is 17.2 Å². The molecule has 3 heterocycles. The first-order valence-corrected chi connectivity index (χ1v) is 15.0. The fourth-order valence-electron chi connectivity index (χ4n) is 4.70. The van der Waals surface area contributed by atoms with Crippen molar-refractivity contribution in [2.24, 2.45) is 0 Å². The molecule has 0 spiro atoms. The summed E-state index contributed by atoms with van der Waals surface area (Å²) in [6, 6.07) is 16.9. The number of amides is 1. The summed E-state index contributed by atoms with van der Waals surface area (Å²) in [7, 11) is 0. The van der Waals surface area contributed by atoms with Crippen LogP contribution in [-0.4, -0.2) is 46.8 Å². The molecule has 1 fully saturated rings. The summed E-state index contributed by atoms with van der Waals surface area (Å²) in [6.45, 7) is 4.68. The Kier molecular flexibility index (Phi) is 8.12. The van der Waals surface area contributed by atoms with Gasteiger partial charge in [0.05, 0.1) is 11.6 Å². The zero-order valence-electron chi connectivity index (χ0n) is 22.6. The van der Waals surface area contributed by atoms with Crippen molar-refractivity contribution in [3.63, 3.8) is 0 Å². The van der Waals surface area contributed by atoms with E-state index < -0.39 is 17.7 Å². The summed E-state index contributed by atoms with van der Waals surface area (Å²) in [5.41, 5.74) is 1.59. The van der Waals surface area contributed by atoms with E-state index in [-0.39, 0.29) is 28.9 Å². The summed E-state index contributed by atoms with van der Waals surface area (Å²) in [5, 5.41) is 20.2. The van der Waals surface area contributed by atoms with Crippen molar-refractivity contribution < 1.29 is 33.3 Å². The van der Waals surface area contributed by atoms with Gasteiger partial charge >= 0.3 is 5.91 Å². The maximum absolute atomic E-state index is 13.6. The molecular formula is C31H24FN3O6S2. The van der Waals surface area contributed by atoms with Crippen molar-refractivity contribution >= 4 is 45.7 Å². The van der Waals surface area contributed by atoms with Gasteiger partial charge in [-0.15, -0.1) is 10.2 Å². The predicted octanol–water partition coefficient (Wildman–Crippen LogP) is 5.93. The summed E-state index contributed by atoms with van der Waals surface area (Å²) in [6.07, 6.45) is 1.60. The Balaban J connectivity index is 1.39. The number of rotatable bonds is 9. The molecule has 9 nitrogen and oxygen atoms in total. The van der Waals surface area contributed by atoms with Crippen LogP contribution in [-0.2, 0) is 15.3 Å². The van der Waals surface area contributed by atoms with Crippen LogP contribution >= 0.6 is 23.1 Å². The fraction of sp³-hybridized carbons (Fsp3) is 0.161. The van der Waals surface area contributed by atoms with E-state index in [1.54, 1.807) is 60.7 Å². The van der Waals surface area contributed by atoms with E-state index in [0.29, 0.717) is 51.7 Å². The second-order valence-corrected chi connectivity index (χ2v) is 11.6. The van der Waals surface area contributed by atoms with Crippen molar-refractivity contribution in [3.05, 3.63) is 107 Å². The number of hydrogen-bond donors (Lipinski definition) is 1. The second-order valence-electron chi connectivity index (χ2n) is 9.47. The smallest absolute Gasteiger partial charge is 0.301 e. The van der Waals surface area contributed by atoms with Gasteiger partial charge in [0.25, 0.3) is 5.78 Å². The van der Waals surface area contributed by atoms with Gasteiger partial charge in [0.1, 0.15) is 37.1 Å². The van der Waals surface area contributed by atoms with Gasteiger partial charge in [-0.1, -0.05) is 60.0 Å². The number of aliphatic hydroxyl groups excluding tert-OH is 1. The number of fused-ring (bicyclic) bond motifs is 1. The van der Waals surface area contributed by atoms with Gasteiger partial charge in [0.2, 0.25) is 5.13 Å². The first-order chi connectivity index (χ1) is 20.9. The number of benzene rings is 3. The molecule has 1 saturated heterocycles. The van der Waals surface area contributed by atoms with Gasteiger partial charge in [-0.05, 0) is 53.6 Å². The van der Waals surface area contributed by atoms with E-state index in [1.807, 2.05) is 0 Å². The normalized spacial score (nSPS) is 17.2. The lowest BCUT2D eigenvalue weighted by Gasteiger charge is -2.23. The molecule has 4 aromatic rings. The van der Waals surface area contributed by atoms with Crippen LogP contribution in [0, 0.1) is 5.82 Å². The van der Waals surface area contributed by atoms with Gasteiger partial charge in [0, 0.05) is 11.3 Å². The minimum Gasteiger partial charge on any atom is -0.507 e. The Morgan fingerprint density at radius 2 is 1.88 bits per heavy atom. The minimum absolute atomic E-state index is 0.113. The number of ketones is 1. The van der Waals surface area contributed by atoms with Gasteiger partial charge in [-0.2, -0.15) is 0 Å². The number of ether oxygens (including phenoxy) is 3. The highest BCUT2D eigenvalue weighted by molar-refractivity contribution is 8.00. The van der Waals surface area contributed by atoms with Gasteiger partial charge in [-0.25, -0.2) is 4.39 Å². The minimum atomic E-state index is -1.02. The third-order valence-corrected chi connectivity index (χ3v) is 8.81. The molecule has 1 unspecified atom stereocenters. The molecule has 1 atom stereocenters. The van der Waals surface area contributed by atoms with Gasteiger partial charge in [0.15, 0.2) is 15.8 Å². The summed E-state index contributed by atoms with van der Waals surface area (Å²) in [4.78, 5) is 28.4. The number of aromatic nitrogens is 2. The second kappa shape index (κ2) is 12.3. The average Bonchev–Trinajstić information content (AvgIpc) is 3.61. The average molecular weight is 618 g/mol. The molecule has 1 N–H and O–H groups in total. The van der Waals surface area contributed by atoms with E-state index >= 15 is 0 Å². The molecular weight excluding hydrogens is 593 g/mol. The largest absolute Gasteiger partial charge is 0.507 e. The molecule has 2 aliphatic rings. The number of thioether (sulfide) groups is 1. The third kappa shape index (κ3) is 5.84. The summed E-state index contributed by atoms with van der Waals surface area (Å²) >= 11 is 2.51. The van der Waals surface area contributed by atoms with Crippen LogP contribution in [0.2, 0.25) is 0 Å². The Bertz CT molecular complexity index is 1740. The number of Topliss-reactive ketones (excluding diaryl/α,β-unsaturated/α-hetero) is 1. The number of anilines is 1. The van der Waals surface area contributed by atoms with Gasteiger partial charge in [-0.3, -0.25) is 14.5 Å². The van der Waals surface area contributed by atoms with Crippen LogP contribution in [0.15, 0.2) is 89.3 Å². The number of halogens is 1. The maximum atomic E-state index is 13.6. The molecule has 43 heavy (non-hydrogen) atoms. The van der Waals surface area contributed by atoms with Crippen LogP contribution < -0.4 is 19.1 Å². The predicted molar refractivity (Wildman–Crippen MR) is 160 cm³/mol. The molecule has 218 valence electrons. The number of nitrogens with zero attached hydrogens (tertiary/aromatic N) is 3. The molecule has 1 amide bonds.